The van der Waals surface area contributed by atoms with Crippen LogP contribution in [-0.4, -0.2) is 36.1 Å². The minimum atomic E-state index is -0.714. The number of nitrogen functional groups attached to an aromatic ring is 1. The first-order chi connectivity index (χ1) is 17.9. The van der Waals surface area contributed by atoms with E-state index in [1.165, 1.54) is 13.0 Å². The summed E-state index contributed by atoms with van der Waals surface area (Å²) in [6.07, 6.45) is 1.75. The first-order valence-electron chi connectivity index (χ1n) is 11.6. The van der Waals surface area contributed by atoms with E-state index in [-0.39, 0.29) is 31.3 Å². The molecule has 0 bridgehead atoms. The van der Waals surface area contributed by atoms with Crippen molar-refractivity contribution in [2.75, 3.05) is 29.6 Å². The number of Topliss-reactive ketones (excluding diaryl/α,β-unsaturated/α-hetero) is 1. The molecule has 0 heterocycles. The van der Waals surface area contributed by atoms with Crippen LogP contribution >= 0.6 is 0 Å². The van der Waals surface area contributed by atoms with Gasteiger partial charge in [-0.15, -0.1) is 0 Å². The highest BCUT2D eigenvalue weighted by Crippen LogP contribution is 2.25. The van der Waals surface area contributed by atoms with Crippen LogP contribution in [0.2, 0.25) is 0 Å². The van der Waals surface area contributed by atoms with Crippen LogP contribution in [0.25, 0.3) is 0 Å². The van der Waals surface area contributed by atoms with Gasteiger partial charge in [-0.25, -0.2) is 4.79 Å². The normalized spacial score (nSPS) is 11.5. The first-order valence-corrected chi connectivity index (χ1v) is 11.6. The number of para-hydroxylation sites is 2. The lowest BCUT2D eigenvalue weighted by atomic mass is 10.1. The van der Waals surface area contributed by atoms with Gasteiger partial charge in [-0.2, -0.15) is 0 Å². The number of carbonyl (C=O) groups is 3. The highest BCUT2D eigenvalue weighted by atomic mass is 16.6. The molecule has 0 aromatic heterocycles. The molecule has 0 saturated heterocycles. The van der Waals surface area contributed by atoms with Crippen molar-refractivity contribution >= 4 is 34.8 Å². The van der Waals surface area contributed by atoms with Gasteiger partial charge in [0.2, 0.25) is 5.91 Å². The van der Waals surface area contributed by atoms with Crippen molar-refractivity contribution in [3.8, 4) is 5.75 Å². The molecule has 3 rings (SSSR count). The van der Waals surface area contributed by atoms with E-state index in [1.807, 2.05) is 0 Å². The number of benzene rings is 3. The molecule has 0 radical (unpaired) electrons. The highest BCUT2D eigenvalue weighted by Gasteiger charge is 2.17. The van der Waals surface area contributed by atoms with Crippen molar-refractivity contribution in [3.05, 3.63) is 96.1 Å². The molecule has 3 aromatic carbocycles. The summed E-state index contributed by atoms with van der Waals surface area (Å²) in [6.45, 7) is 1.51. The molecule has 3 aromatic rings. The fourth-order valence-electron chi connectivity index (χ4n) is 3.34. The third kappa shape index (κ3) is 8.52. The van der Waals surface area contributed by atoms with Gasteiger partial charge in [0.15, 0.2) is 5.78 Å². The van der Waals surface area contributed by atoms with Gasteiger partial charge >= 0.3 is 6.09 Å². The molecule has 9 nitrogen and oxygen atoms in total. The van der Waals surface area contributed by atoms with Gasteiger partial charge in [-0.05, 0) is 67.1 Å². The summed E-state index contributed by atoms with van der Waals surface area (Å²) in [5, 5.41) is 14.3. The Morgan fingerprint density at radius 1 is 0.973 bits per heavy atom. The summed E-state index contributed by atoms with van der Waals surface area (Å²) in [6, 6.07) is 20.2. The Balaban J connectivity index is 1.69. The van der Waals surface area contributed by atoms with E-state index in [1.54, 1.807) is 78.9 Å². The van der Waals surface area contributed by atoms with E-state index in [0.29, 0.717) is 33.9 Å². The van der Waals surface area contributed by atoms with Gasteiger partial charge in [-0.3, -0.25) is 14.9 Å². The van der Waals surface area contributed by atoms with E-state index < -0.39 is 12.2 Å². The summed E-state index contributed by atoms with van der Waals surface area (Å²) >= 11 is 0. The van der Waals surface area contributed by atoms with E-state index in [0.717, 1.165) is 0 Å². The summed E-state index contributed by atoms with van der Waals surface area (Å²) in [5.41, 5.74) is 8.48. The Morgan fingerprint density at radius 3 is 2.32 bits per heavy atom. The zero-order chi connectivity index (χ0) is 26.6. The lowest BCUT2D eigenvalue weighted by Crippen LogP contribution is -2.17. The Bertz CT molecular complexity index is 1240. The van der Waals surface area contributed by atoms with E-state index >= 15 is 0 Å². The lowest BCUT2D eigenvalue weighted by molar-refractivity contribution is -0.111. The smallest absolute Gasteiger partial charge is 0.412 e. The Kier molecular flexibility index (Phi) is 9.81. The largest absolute Gasteiger partial charge is 0.491 e. The molecule has 2 amide bonds. The number of aliphatic hydroxyl groups is 1. The maximum absolute atomic E-state index is 12.6. The predicted octanol–water partition coefficient (Wildman–Crippen LogP) is 4.72. The summed E-state index contributed by atoms with van der Waals surface area (Å²) in [4.78, 5) is 36.4. The van der Waals surface area contributed by atoms with Crippen molar-refractivity contribution in [1.82, 2.24) is 0 Å². The van der Waals surface area contributed by atoms with Gasteiger partial charge < -0.3 is 25.6 Å². The number of carbonyl (C=O) groups excluding carboxylic acids is 3. The summed E-state index contributed by atoms with van der Waals surface area (Å²) < 4.78 is 11.0. The first kappa shape index (κ1) is 27.0. The number of hydrogen-bond donors (Lipinski definition) is 4. The second-order valence-corrected chi connectivity index (χ2v) is 8.01. The third-order valence-electron chi connectivity index (χ3n) is 5.24. The van der Waals surface area contributed by atoms with Crippen LogP contribution in [0, 0.1) is 0 Å². The number of nitrogens with two attached hydrogens (primary N) is 1. The average molecular weight is 504 g/mol. The SMILES string of the molecule is CC(=O)c1ccc(NC(=O)O[C@H](C/C=C/C(=O)Nc2ccccc2N)c2ccc(OCCO)cc2)cc1. The molecule has 9 heteroatoms. The molecule has 1 atom stereocenters. The number of nitrogens with one attached hydrogen (secondary N) is 2. The van der Waals surface area contributed by atoms with Crippen molar-refractivity contribution in [3.63, 3.8) is 0 Å². The monoisotopic (exact) mass is 503 g/mol. The Labute approximate surface area is 214 Å². The van der Waals surface area contributed by atoms with Crippen molar-refractivity contribution < 1.29 is 29.0 Å². The fraction of sp³-hybridized carbons (Fsp3) is 0.179. The van der Waals surface area contributed by atoms with Crippen LogP contribution in [0.1, 0.15) is 35.4 Å². The second kappa shape index (κ2) is 13.5. The van der Waals surface area contributed by atoms with E-state index in [9.17, 15) is 14.4 Å². The van der Waals surface area contributed by atoms with Crippen LogP contribution in [0.15, 0.2) is 84.9 Å². The minimum absolute atomic E-state index is 0.0774. The Morgan fingerprint density at radius 2 is 1.68 bits per heavy atom. The molecule has 0 spiro atoms. The number of ketones is 1. The molecule has 0 aliphatic carbocycles. The maximum Gasteiger partial charge on any atom is 0.412 e. The van der Waals surface area contributed by atoms with Crippen molar-refractivity contribution in [2.24, 2.45) is 0 Å². The third-order valence-corrected chi connectivity index (χ3v) is 5.24. The summed E-state index contributed by atoms with van der Waals surface area (Å²) in [7, 11) is 0. The molecular formula is C28H29N3O6. The molecule has 0 aliphatic rings. The highest BCUT2D eigenvalue weighted by molar-refractivity contribution is 6.01. The van der Waals surface area contributed by atoms with Crippen LogP contribution in [0.5, 0.6) is 5.75 Å². The minimum Gasteiger partial charge on any atom is -0.491 e. The van der Waals surface area contributed by atoms with Gasteiger partial charge in [0.25, 0.3) is 0 Å². The molecule has 0 unspecified atom stereocenters. The molecule has 0 aliphatic heterocycles. The molecular weight excluding hydrogens is 474 g/mol. The topological polar surface area (TPSA) is 140 Å². The standard InChI is InChI=1S/C28H29N3O6/c1-19(33)20-9-13-22(14-10-20)30-28(35)37-26(21-11-15-23(16-12-21)36-18-17-32)7-4-8-27(34)31-25-6-3-2-5-24(25)29/h2-6,8-16,26,32H,7,17-18,29H2,1H3,(H,30,35)(H,31,34)/b8-4+/t26-/m1/s1. The van der Waals surface area contributed by atoms with Crippen LogP contribution in [0.4, 0.5) is 21.9 Å². The number of amides is 2. The molecule has 192 valence electrons. The zero-order valence-corrected chi connectivity index (χ0v) is 20.3. The number of rotatable bonds is 11. The van der Waals surface area contributed by atoms with Gasteiger partial charge in [0.1, 0.15) is 18.5 Å². The van der Waals surface area contributed by atoms with E-state index in [2.05, 4.69) is 10.6 Å². The number of aliphatic hydroxyl groups excluding tert-OH is 1. The fourth-order valence-corrected chi connectivity index (χ4v) is 3.34. The van der Waals surface area contributed by atoms with Gasteiger partial charge in [0, 0.05) is 17.7 Å². The van der Waals surface area contributed by atoms with Crippen LogP contribution in [-0.2, 0) is 9.53 Å². The number of ether oxygens (including phenoxy) is 2. The van der Waals surface area contributed by atoms with Gasteiger partial charge in [-0.1, -0.05) is 30.3 Å². The van der Waals surface area contributed by atoms with Crippen molar-refractivity contribution in [1.29, 1.82) is 0 Å². The van der Waals surface area contributed by atoms with Gasteiger partial charge in [0.05, 0.1) is 18.0 Å². The molecule has 5 N–H and O–H groups in total. The second-order valence-electron chi connectivity index (χ2n) is 8.01. The summed E-state index contributed by atoms with van der Waals surface area (Å²) in [5.74, 6) is 0.104. The quantitative estimate of drug-likeness (QED) is 0.169. The van der Waals surface area contributed by atoms with Crippen LogP contribution < -0.4 is 21.1 Å². The van der Waals surface area contributed by atoms with E-state index in [4.69, 9.17) is 20.3 Å². The average Bonchev–Trinajstić information content (AvgIpc) is 2.89. The molecule has 37 heavy (non-hydrogen) atoms. The zero-order valence-electron chi connectivity index (χ0n) is 20.3. The number of anilines is 3. The number of hydrogen-bond acceptors (Lipinski definition) is 7. The molecule has 0 fully saturated rings. The predicted molar refractivity (Wildman–Crippen MR) is 142 cm³/mol. The molecule has 0 saturated carbocycles. The lowest BCUT2D eigenvalue weighted by Gasteiger charge is -2.18. The van der Waals surface area contributed by atoms with Crippen LogP contribution in [0.3, 0.4) is 0 Å². The maximum atomic E-state index is 12.6. The van der Waals surface area contributed by atoms with Crippen molar-refractivity contribution in [2.45, 2.75) is 19.4 Å². The Hall–Kier alpha value is -4.63.